The second kappa shape index (κ2) is 5.50. The molecule has 108 valence electrons. The molecular weight excluding hydrogens is 260 g/mol. The molecule has 1 unspecified atom stereocenters. The average Bonchev–Trinajstić information content (AvgIpc) is 2.71. The third kappa shape index (κ3) is 2.34. The number of aromatic carboxylic acids is 1. The van der Waals surface area contributed by atoms with Crippen LogP contribution >= 0.6 is 0 Å². The number of benzene rings is 1. The summed E-state index contributed by atoms with van der Waals surface area (Å²) in [5, 5.41) is 9.31. The molecule has 2 N–H and O–H groups in total. The van der Waals surface area contributed by atoms with E-state index in [1.807, 2.05) is 13.8 Å². The Morgan fingerprint density at radius 2 is 2.15 bits per heavy atom. The zero-order valence-electron chi connectivity index (χ0n) is 11.7. The van der Waals surface area contributed by atoms with Gasteiger partial charge < -0.3 is 14.8 Å². The highest BCUT2D eigenvalue weighted by Crippen LogP contribution is 2.24. The van der Waals surface area contributed by atoms with Gasteiger partial charge in [0.2, 0.25) is 0 Å². The first kappa shape index (κ1) is 14.3. The summed E-state index contributed by atoms with van der Waals surface area (Å²) in [6, 6.07) is 4.59. The van der Waals surface area contributed by atoms with Crippen molar-refractivity contribution < 1.29 is 14.6 Å². The summed E-state index contributed by atoms with van der Waals surface area (Å²) in [4.78, 5) is 26.3. The minimum atomic E-state index is -1.05. The smallest absolute Gasteiger partial charge is 0.337 e. The maximum atomic E-state index is 12.2. The Bertz CT molecular complexity index is 684. The van der Waals surface area contributed by atoms with Gasteiger partial charge >= 0.3 is 11.7 Å². The fourth-order valence-corrected chi connectivity index (χ4v) is 2.41. The largest absolute Gasteiger partial charge is 0.478 e. The highest BCUT2D eigenvalue weighted by atomic mass is 16.5. The first-order valence-electron chi connectivity index (χ1n) is 6.42. The molecule has 0 fully saturated rings. The number of ether oxygens (including phenoxy) is 1. The van der Waals surface area contributed by atoms with Crippen LogP contribution in [0.2, 0.25) is 0 Å². The highest BCUT2D eigenvalue weighted by Gasteiger charge is 2.23. The summed E-state index contributed by atoms with van der Waals surface area (Å²) in [6.07, 6.45) is 0. The fraction of sp³-hybridized carbons (Fsp3) is 0.429. The van der Waals surface area contributed by atoms with Crippen molar-refractivity contribution in [1.29, 1.82) is 0 Å². The number of para-hydroxylation sites is 1. The molecule has 0 bridgehead atoms. The summed E-state index contributed by atoms with van der Waals surface area (Å²) in [7, 11) is 1.56. The van der Waals surface area contributed by atoms with Gasteiger partial charge in [-0.15, -0.1) is 0 Å². The Labute approximate surface area is 116 Å². The van der Waals surface area contributed by atoms with Crippen molar-refractivity contribution >= 4 is 17.0 Å². The van der Waals surface area contributed by atoms with E-state index in [1.165, 1.54) is 10.6 Å². The van der Waals surface area contributed by atoms with Crippen molar-refractivity contribution in [3.8, 4) is 0 Å². The van der Waals surface area contributed by atoms with Crippen LogP contribution in [0.25, 0.3) is 11.0 Å². The highest BCUT2D eigenvalue weighted by molar-refractivity contribution is 6.01. The number of imidazole rings is 1. The number of carboxylic acid groups (broad SMARTS) is 1. The van der Waals surface area contributed by atoms with Crippen molar-refractivity contribution in [2.75, 3.05) is 13.7 Å². The number of carboxylic acids is 1. The summed E-state index contributed by atoms with van der Waals surface area (Å²) >= 11 is 0. The van der Waals surface area contributed by atoms with E-state index in [0.29, 0.717) is 17.6 Å². The number of hydrogen-bond acceptors (Lipinski definition) is 3. The van der Waals surface area contributed by atoms with E-state index in [1.54, 1.807) is 19.2 Å². The maximum Gasteiger partial charge on any atom is 0.337 e. The second-order valence-electron chi connectivity index (χ2n) is 5.07. The summed E-state index contributed by atoms with van der Waals surface area (Å²) in [6.45, 7) is 4.29. The number of carbonyl (C=O) groups is 1. The number of rotatable bonds is 5. The van der Waals surface area contributed by atoms with Gasteiger partial charge in [-0.25, -0.2) is 9.59 Å². The Hall–Kier alpha value is -2.08. The van der Waals surface area contributed by atoms with Crippen molar-refractivity contribution in [3.05, 3.63) is 34.2 Å². The summed E-state index contributed by atoms with van der Waals surface area (Å²) in [5.41, 5.74) is 0.740. The molecule has 0 aliphatic carbocycles. The van der Waals surface area contributed by atoms with E-state index in [0.717, 1.165) is 0 Å². The molecule has 6 nitrogen and oxygen atoms in total. The molecule has 0 spiro atoms. The van der Waals surface area contributed by atoms with Crippen molar-refractivity contribution in [1.82, 2.24) is 9.55 Å². The molecule has 6 heteroatoms. The number of aromatic amines is 1. The molecule has 1 atom stereocenters. The van der Waals surface area contributed by atoms with Crippen LogP contribution in [0.4, 0.5) is 0 Å². The van der Waals surface area contributed by atoms with E-state index in [2.05, 4.69) is 4.98 Å². The van der Waals surface area contributed by atoms with E-state index >= 15 is 0 Å². The van der Waals surface area contributed by atoms with Crippen molar-refractivity contribution in [2.24, 2.45) is 5.92 Å². The lowest BCUT2D eigenvalue weighted by atomic mass is 10.0. The molecule has 0 aliphatic rings. The quantitative estimate of drug-likeness (QED) is 0.874. The first-order chi connectivity index (χ1) is 9.47. The third-order valence-electron chi connectivity index (χ3n) is 3.41. The molecule has 0 saturated carbocycles. The number of methoxy groups -OCH3 is 1. The van der Waals surface area contributed by atoms with Gasteiger partial charge in [0.1, 0.15) is 0 Å². The second-order valence-corrected chi connectivity index (χ2v) is 5.07. The molecule has 1 aromatic heterocycles. The number of nitrogens with zero attached hydrogens (tertiary/aromatic N) is 1. The molecule has 0 amide bonds. The number of aromatic nitrogens is 2. The molecule has 0 radical (unpaired) electrons. The molecule has 2 aromatic rings. The maximum absolute atomic E-state index is 12.2. The average molecular weight is 278 g/mol. The van der Waals surface area contributed by atoms with E-state index < -0.39 is 5.97 Å². The molecule has 0 aliphatic heterocycles. The predicted molar refractivity (Wildman–Crippen MR) is 75.3 cm³/mol. The van der Waals surface area contributed by atoms with Crippen LogP contribution in [0.1, 0.15) is 30.2 Å². The Kier molecular flexibility index (Phi) is 3.94. The zero-order chi connectivity index (χ0) is 14.9. The predicted octanol–water partition coefficient (Wildman–Crippen LogP) is 1.87. The van der Waals surface area contributed by atoms with Crippen LogP contribution < -0.4 is 5.69 Å². The molecular formula is C14H18N2O4. The van der Waals surface area contributed by atoms with Crippen LogP contribution in [0.5, 0.6) is 0 Å². The van der Waals surface area contributed by atoms with Crippen molar-refractivity contribution in [3.63, 3.8) is 0 Å². The van der Waals surface area contributed by atoms with Gasteiger partial charge in [-0.3, -0.25) is 4.57 Å². The van der Waals surface area contributed by atoms with Crippen LogP contribution in [-0.2, 0) is 4.74 Å². The van der Waals surface area contributed by atoms with Crippen molar-refractivity contribution in [2.45, 2.75) is 19.9 Å². The van der Waals surface area contributed by atoms with Crippen LogP contribution in [0, 0.1) is 5.92 Å². The summed E-state index contributed by atoms with van der Waals surface area (Å²) in [5.74, 6) is -0.920. The van der Waals surface area contributed by atoms with Gasteiger partial charge in [0.05, 0.1) is 29.2 Å². The summed E-state index contributed by atoms with van der Waals surface area (Å²) < 4.78 is 6.67. The van der Waals surface area contributed by atoms with Crippen LogP contribution in [0.15, 0.2) is 23.0 Å². The molecule has 1 heterocycles. The third-order valence-corrected chi connectivity index (χ3v) is 3.41. The number of H-pyrrole nitrogens is 1. The number of fused-ring (bicyclic) bond motifs is 1. The number of hydrogen-bond donors (Lipinski definition) is 2. The monoisotopic (exact) mass is 278 g/mol. The topological polar surface area (TPSA) is 84.3 Å². The SMILES string of the molecule is COCC(C(C)C)n1c(=O)[nH]c2cccc(C(=O)O)c21. The van der Waals surface area contributed by atoms with Gasteiger partial charge in [-0.2, -0.15) is 0 Å². The normalized spacial score (nSPS) is 13.0. The lowest BCUT2D eigenvalue weighted by molar-refractivity contribution is 0.0697. The molecule has 1 aromatic carbocycles. The Balaban J connectivity index is 2.77. The van der Waals surface area contributed by atoms with Gasteiger partial charge in [0.25, 0.3) is 0 Å². The van der Waals surface area contributed by atoms with E-state index in [4.69, 9.17) is 4.74 Å². The Morgan fingerprint density at radius 1 is 1.45 bits per heavy atom. The lowest BCUT2D eigenvalue weighted by Crippen LogP contribution is -2.29. The van der Waals surface area contributed by atoms with Crippen LogP contribution in [0.3, 0.4) is 0 Å². The molecule has 20 heavy (non-hydrogen) atoms. The lowest BCUT2D eigenvalue weighted by Gasteiger charge is -2.22. The standard InChI is InChI=1S/C14H18N2O4/c1-8(2)11(7-20-3)16-12-9(13(17)18)5-4-6-10(12)15-14(16)19/h4-6,8,11H,7H2,1-3H3,(H,15,19)(H,17,18). The minimum absolute atomic E-state index is 0.114. The fourth-order valence-electron chi connectivity index (χ4n) is 2.41. The van der Waals surface area contributed by atoms with Gasteiger partial charge in [-0.05, 0) is 18.1 Å². The zero-order valence-corrected chi connectivity index (χ0v) is 11.7. The molecule has 2 rings (SSSR count). The minimum Gasteiger partial charge on any atom is -0.478 e. The van der Waals surface area contributed by atoms with Gasteiger partial charge in [0.15, 0.2) is 0 Å². The van der Waals surface area contributed by atoms with E-state index in [9.17, 15) is 14.7 Å². The first-order valence-corrected chi connectivity index (χ1v) is 6.42. The Morgan fingerprint density at radius 3 is 2.70 bits per heavy atom. The van der Waals surface area contributed by atoms with Gasteiger partial charge in [-0.1, -0.05) is 19.9 Å². The number of nitrogens with one attached hydrogen (secondary N) is 1. The van der Waals surface area contributed by atoms with E-state index in [-0.39, 0.29) is 23.2 Å². The van der Waals surface area contributed by atoms with Gasteiger partial charge in [0, 0.05) is 7.11 Å². The van der Waals surface area contributed by atoms with Crippen LogP contribution in [-0.4, -0.2) is 34.3 Å². The molecule has 0 saturated heterocycles.